The lowest BCUT2D eigenvalue weighted by Gasteiger charge is -2.34. The molecule has 0 atom stereocenters. The summed E-state index contributed by atoms with van der Waals surface area (Å²) in [5, 5.41) is 3.34. The summed E-state index contributed by atoms with van der Waals surface area (Å²) < 4.78 is 28.6. The molecular formula is C20H28N2O2S2. The minimum Gasteiger partial charge on any atom is -0.317 e. The first-order valence-corrected chi connectivity index (χ1v) is 11.9. The van der Waals surface area contributed by atoms with E-state index in [1.54, 1.807) is 28.2 Å². The van der Waals surface area contributed by atoms with Gasteiger partial charge >= 0.3 is 0 Å². The molecule has 0 aromatic heterocycles. The second-order valence-electron chi connectivity index (χ2n) is 6.98. The molecule has 0 amide bonds. The highest BCUT2D eigenvalue weighted by molar-refractivity contribution is 8.02. The number of nitrogens with one attached hydrogen (secondary N) is 1. The molecule has 1 aromatic carbocycles. The van der Waals surface area contributed by atoms with Crippen LogP contribution in [0.1, 0.15) is 31.2 Å². The highest BCUT2D eigenvalue weighted by Crippen LogP contribution is 2.29. The van der Waals surface area contributed by atoms with Gasteiger partial charge in [-0.2, -0.15) is 4.31 Å². The topological polar surface area (TPSA) is 49.4 Å². The predicted molar refractivity (Wildman–Crippen MR) is 110 cm³/mol. The Morgan fingerprint density at radius 3 is 2.54 bits per heavy atom. The molecule has 0 radical (unpaired) electrons. The van der Waals surface area contributed by atoms with Crippen molar-refractivity contribution >= 4 is 21.8 Å². The van der Waals surface area contributed by atoms with Gasteiger partial charge in [0.15, 0.2) is 0 Å². The Balaban J connectivity index is 1.91. The Morgan fingerprint density at radius 2 is 1.88 bits per heavy atom. The maximum absolute atomic E-state index is 13.4. The van der Waals surface area contributed by atoms with Crippen molar-refractivity contribution in [1.29, 1.82) is 0 Å². The second-order valence-corrected chi connectivity index (χ2v) is 9.80. The lowest BCUT2D eigenvalue weighted by atomic mass is 10.0. The van der Waals surface area contributed by atoms with Crippen molar-refractivity contribution in [3.05, 3.63) is 52.5 Å². The molecule has 1 aliphatic heterocycles. The number of aryl methyl sites for hydroxylation is 1. The molecule has 1 N–H and O–H groups in total. The Bertz CT molecular complexity index is 777. The van der Waals surface area contributed by atoms with Crippen LogP contribution in [0.15, 0.2) is 51.8 Å². The van der Waals surface area contributed by atoms with Gasteiger partial charge in [0, 0.05) is 12.6 Å². The monoisotopic (exact) mass is 392 g/mol. The molecule has 1 aliphatic carbocycles. The SMILES string of the molecule is CSC1=CC(CN(C2CCNCC2)S(=O)(=O)c2ccc(C)cc2)=CCC1. The first kappa shape index (κ1) is 19.7. The van der Waals surface area contributed by atoms with E-state index in [2.05, 4.69) is 23.7 Å². The molecule has 0 bridgehead atoms. The first-order chi connectivity index (χ1) is 12.5. The van der Waals surface area contributed by atoms with Crippen molar-refractivity contribution in [2.24, 2.45) is 0 Å². The third-order valence-electron chi connectivity index (χ3n) is 5.09. The first-order valence-electron chi connectivity index (χ1n) is 9.23. The minimum atomic E-state index is -3.51. The number of thioether (sulfide) groups is 1. The molecule has 142 valence electrons. The Hall–Kier alpha value is -1.08. The molecule has 1 fully saturated rings. The molecular weight excluding hydrogens is 364 g/mol. The lowest BCUT2D eigenvalue weighted by molar-refractivity contribution is 0.276. The van der Waals surface area contributed by atoms with Gasteiger partial charge in [0.25, 0.3) is 0 Å². The number of hydrogen-bond acceptors (Lipinski definition) is 4. The van der Waals surface area contributed by atoms with E-state index < -0.39 is 10.0 Å². The molecule has 0 saturated carbocycles. The van der Waals surface area contributed by atoms with Crippen molar-refractivity contribution in [3.8, 4) is 0 Å². The van der Waals surface area contributed by atoms with Crippen LogP contribution in [-0.4, -0.2) is 44.7 Å². The van der Waals surface area contributed by atoms with E-state index in [1.165, 1.54) is 4.91 Å². The Labute approximate surface area is 161 Å². The van der Waals surface area contributed by atoms with Crippen LogP contribution in [0.4, 0.5) is 0 Å². The van der Waals surface area contributed by atoms with Crippen molar-refractivity contribution in [2.75, 3.05) is 25.9 Å². The minimum absolute atomic E-state index is 0.0523. The fourth-order valence-corrected chi connectivity index (χ4v) is 5.80. The van der Waals surface area contributed by atoms with E-state index in [4.69, 9.17) is 0 Å². The van der Waals surface area contributed by atoms with Gasteiger partial charge in [-0.1, -0.05) is 23.8 Å². The smallest absolute Gasteiger partial charge is 0.243 e. The van der Waals surface area contributed by atoms with Gasteiger partial charge in [-0.3, -0.25) is 0 Å². The number of hydrogen-bond donors (Lipinski definition) is 1. The molecule has 2 aliphatic rings. The zero-order chi connectivity index (χ0) is 18.6. The summed E-state index contributed by atoms with van der Waals surface area (Å²) in [6.45, 7) is 4.18. The van der Waals surface area contributed by atoms with Gasteiger partial charge in [-0.25, -0.2) is 8.42 Å². The van der Waals surface area contributed by atoms with E-state index in [-0.39, 0.29) is 6.04 Å². The zero-order valence-electron chi connectivity index (χ0n) is 15.6. The molecule has 3 rings (SSSR count). The molecule has 1 heterocycles. The van der Waals surface area contributed by atoms with E-state index in [0.29, 0.717) is 11.4 Å². The van der Waals surface area contributed by atoms with E-state index in [9.17, 15) is 8.42 Å². The van der Waals surface area contributed by atoms with Gasteiger partial charge < -0.3 is 5.32 Å². The summed E-state index contributed by atoms with van der Waals surface area (Å²) in [5.41, 5.74) is 2.19. The summed E-state index contributed by atoms with van der Waals surface area (Å²) >= 11 is 1.76. The van der Waals surface area contributed by atoms with Crippen molar-refractivity contribution in [2.45, 2.75) is 43.5 Å². The molecule has 0 unspecified atom stereocenters. The zero-order valence-corrected chi connectivity index (χ0v) is 17.2. The van der Waals surface area contributed by atoms with Crippen LogP contribution in [0.3, 0.4) is 0 Å². The van der Waals surface area contributed by atoms with Crippen LogP contribution >= 0.6 is 11.8 Å². The van der Waals surface area contributed by atoms with Gasteiger partial charge in [0.05, 0.1) is 4.90 Å². The third kappa shape index (κ3) is 4.60. The number of nitrogens with zero attached hydrogens (tertiary/aromatic N) is 1. The highest BCUT2D eigenvalue weighted by Gasteiger charge is 2.32. The number of sulfonamides is 1. The van der Waals surface area contributed by atoms with Crippen molar-refractivity contribution in [1.82, 2.24) is 9.62 Å². The average Bonchev–Trinajstić information content (AvgIpc) is 2.67. The second kappa shape index (κ2) is 8.74. The van der Waals surface area contributed by atoms with Crippen LogP contribution in [0.5, 0.6) is 0 Å². The van der Waals surface area contributed by atoms with Crippen LogP contribution in [0.2, 0.25) is 0 Å². The molecule has 1 aromatic rings. The normalized spacial score (nSPS) is 19.3. The number of rotatable bonds is 6. The van der Waals surface area contributed by atoms with Crippen molar-refractivity contribution in [3.63, 3.8) is 0 Å². The van der Waals surface area contributed by atoms with Gasteiger partial charge in [0.1, 0.15) is 0 Å². The third-order valence-corrected chi connectivity index (χ3v) is 7.85. The number of allylic oxidation sites excluding steroid dienone is 2. The Morgan fingerprint density at radius 1 is 1.19 bits per heavy atom. The van der Waals surface area contributed by atoms with E-state index >= 15 is 0 Å². The van der Waals surface area contributed by atoms with Crippen molar-refractivity contribution < 1.29 is 8.42 Å². The maximum Gasteiger partial charge on any atom is 0.243 e. The molecule has 4 nitrogen and oxygen atoms in total. The van der Waals surface area contributed by atoms with Crippen LogP contribution in [0.25, 0.3) is 0 Å². The summed E-state index contributed by atoms with van der Waals surface area (Å²) in [6.07, 6.45) is 10.2. The summed E-state index contributed by atoms with van der Waals surface area (Å²) in [7, 11) is -3.51. The maximum atomic E-state index is 13.4. The Kier molecular flexibility index (Phi) is 6.61. The summed E-state index contributed by atoms with van der Waals surface area (Å²) in [6, 6.07) is 7.27. The molecule has 26 heavy (non-hydrogen) atoms. The van der Waals surface area contributed by atoms with Crippen LogP contribution in [0, 0.1) is 6.92 Å². The molecule has 1 saturated heterocycles. The fraction of sp³-hybridized carbons (Fsp3) is 0.500. The molecule has 0 spiro atoms. The summed E-state index contributed by atoms with van der Waals surface area (Å²) in [4.78, 5) is 1.73. The van der Waals surface area contributed by atoms with Gasteiger partial charge in [-0.05, 0) is 80.6 Å². The van der Waals surface area contributed by atoms with Crippen LogP contribution < -0.4 is 5.32 Å². The lowest BCUT2D eigenvalue weighted by Crippen LogP contribution is -2.46. The standard InChI is InChI=1S/C20H28N2O2S2/c1-16-6-8-20(9-7-16)26(23,24)22(18-10-12-21-13-11-18)15-17-4-3-5-19(14-17)25-2/h4,6-9,14,18,21H,3,5,10-13,15H2,1-2H3. The number of benzene rings is 1. The largest absolute Gasteiger partial charge is 0.317 e. The highest BCUT2D eigenvalue weighted by atomic mass is 32.2. The number of piperidine rings is 1. The summed E-state index contributed by atoms with van der Waals surface area (Å²) in [5.74, 6) is 0. The molecule has 6 heteroatoms. The van der Waals surface area contributed by atoms with E-state index in [1.807, 2.05) is 19.1 Å². The average molecular weight is 393 g/mol. The van der Waals surface area contributed by atoms with E-state index in [0.717, 1.165) is 49.9 Å². The quantitative estimate of drug-likeness (QED) is 0.802. The predicted octanol–water partition coefficient (Wildman–Crippen LogP) is 3.70. The van der Waals surface area contributed by atoms with Gasteiger partial charge in [-0.15, -0.1) is 11.8 Å². The fourth-order valence-electron chi connectivity index (χ4n) is 3.54. The van der Waals surface area contributed by atoms with Gasteiger partial charge in [0.2, 0.25) is 10.0 Å². The van der Waals surface area contributed by atoms with Crippen LogP contribution in [-0.2, 0) is 10.0 Å².